The Morgan fingerprint density at radius 2 is 1.87 bits per heavy atom. The van der Waals surface area contributed by atoms with Crippen LogP contribution in [0.15, 0.2) is 53.6 Å². The lowest BCUT2D eigenvalue weighted by Crippen LogP contribution is -2.56. The highest BCUT2D eigenvalue weighted by atomic mass is 16.3. The van der Waals surface area contributed by atoms with Crippen LogP contribution in [0.4, 0.5) is 0 Å². The Morgan fingerprint density at radius 3 is 2.48 bits per heavy atom. The molecule has 6 heteroatoms. The Morgan fingerprint density at radius 1 is 1.23 bits per heavy atom. The van der Waals surface area contributed by atoms with Crippen LogP contribution < -0.4 is 5.32 Å². The second-order valence-corrected chi connectivity index (χ2v) is 9.11. The van der Waals surface area contributed by atoms with Crippen molar-refractivity contribution in [3.05, 3.63) is 59.2 Å². The smallest absolute Gasteiger partial charge is 0.253 e. The molecule has 1 saturated heterocycles. The molecule has 0 aromatic heterocycles. The van der Waals surface area contributed by atoms with Gasteiger partial charge in [-0.15, -0.1) is 0 Å². The van der Waals surface area contributed by atoms with Crippen LogP contribution in [0.1, 0.15) is 39.7 Å². The molecular formula is C25H33NO5. The first-order chi connectivity index (χ1) is 14.6. The summed E-state index contributed by atoms with van der Waals surface area (Å²) in [4.78, 5) is 24.4. The summed E-state index contributed by atoms with van der Waals surface area (Å²) in [6, 6.07) is 9.53. The molecule has 1 amide bonds. The monoisotopic (exact) mass is 427 g/mol. The zero-order valence-corrected chi connectivity index (χ0v) is 18.6. The maximum atomic E-state index is 13.0. The number of hydrogen-bond donors (Lipinski definition) is 4. The molecular weight excluding hydrogens is 394 g/mol. The largest absolute Gasteiger partial charge is 0.388 e. The van der Waals surface area contributed by atoms with Crippen LogP contribution in [-0.4, -0.2) is 50.9 Å². The molecule has 7 atom stereocenters. The summed E-state index contributed by atoms with van der Waals surface area (Å²) < 4.78 is 0. The summed E-state index contributed by atoms with van der Waals surface area (Å²) in [7, 11) is 0. The van der Waals surface area contributed by atoms with E-state index in [-0.39, 0.29) is 17.7 Å². The maximum absolute atomic E-state index is 13.0. The number of aliphatic hydroxyl groups excluding tert-OH is 2. The van der Waals surface area contributed by atoms with Crippen molar-refractivity contribution in [1.82, 2.24) is 5.32 Å². The SMILES string of the molecule is CC(=O)[C@@H](O)[C@@H](C)CC=C[C@H]1[C@H](O)C(C)=C(C)[C@H]2[C@H](Cc3ccccc3)NC(=O)[C@@]12O. The number of carbonyl (C=O) groups is 2. The highest BCUT2D eigenvalue weighted by Gasteiger charge is 2.62. The third kappa shape index (κ3) is 4.25. The fourth-order valence-electron chi connectivity index (χ4n) is 5.05. The predicted molar refractivity (Wildman–Crippen MR) is 118 cm³/mol. The average molecular weight is 428 g/mol. The second-order valence-electron chi connectivity index (χ2n) is 9.11. The van der Waals surface area contributed by atoms with Crippen molar-refractivity contribution in [2.75, 3.05) is 0 Å². The number of fused-ring (bicyclic) bond motifs is 1. The molecule has 0 saturated carbocycles. The maximum Gasteiger partial charge on any atom is 0.253 e. The minimum atomic E-state index is -1.76. The second kappa shape index (κ2) is 9.07. The molecule has 4 N–H and O–H groups in total. The van der Waals surface area contributed by atoms with Gasteiger partial charge in [0.1, 0.15) is 6.10 Å². The third-order valence-corrected chi connectivity index (χ3v) is 7.04. The standard InChI is InChI=1S/C25H33NO5/c1-14(22(28)17(4)27)9-8-12-19-23(29)16(3)15(2)21-20(26-24(30)25(19,21)31)13-18-10-6-5-7-11-18/h5-8,10-12,14,19-23,28-29,31H,9,13H2,1-4H3,(H,26,30)/t14-,19-,20-,21-,22-,23+,25+/m0/s1. The molecule has 0 unspecified atom stereocenters. The van der Waals surface area contributed by atoms with Crippen LogP contribution in [0, 0.1) is 17.8 Å². The van der Waals surface area contributed by atoms with Crippen molar-refractivity contribution in [2.24, 2.45) is 17.8 Å². The normalized spacial score (nSPS) is 32.7. The van der Waals surface area contributed by atoms with Crippen molar-refractivity contribution >= 4 is 11.7 Å². The fraction of sp³-hybridized carbons (Fsp3) is 0.520. The first-order valence-electron chi connectivity index (χ1n) is 10.9. The number of hydrogen-bond acceptors (Lipinski definition) is 5. The average Bonchev–Trinajstić information content (AvgIpc) is 2.99. The molecule has 168 valence electrons. The van der Waals surface area contributed by atoms with Gasteiger partial charge in [0.05, 0.1) is 6.10 Å². The number of benzene rings is 1. The highest BCUT2D eigenvalue weighted by molar-refractivity contribution is 5.90. The Kier molecular flexibility index (Phi) is 6.84. The van der Waals surface area contributed by atoms with E-state index in [4.69, 9.17) is 0 Å². The van der Waals surface area contributed by atoms with Crippen molar-refractivity contribution in [3.63, 3.8) is 0 Å². The number of amides is 1. The molecule has 1 aliphatic heterocycles. The molecule has 2 aliphatic rings. The number of allylic oxidation sites excluding steroid dienone is 1. The summed E-state index contributed by atoms with van der Waals surface area (Å²) in [6.45, 7) is 6.82. The van der Waals surface area contributed by atoms with Gasteiger partial charge in [0.25, 0.3) is 5.91 Å². The number of rotatable bonds is 7. The van der Waals surface area contributed by atoms with Gasteiger partial charge in [-0.25, -0.2) is 0 Å². The van der Waals surface area contributed by atoms with Gasteiger partial charge < -0.3 is 20.6 Å². The summed E-state index contributed by atoms with van der Waals surface area (Å²) >= 11 is 0. The molecule has 0 spiro atoms. The van der Waals surface area contributed by atoms with Crippen LogP contribution in [0.2, 0.25) is 0 Å². The summed E-state index contributed by atoms with van der Waals surface area (Å²) in [5.74, 6) is -2.36. The number of Topliss-reactive ketones (excluding diaryl/α,β-unsaturated/α-hetero) is 1. The van der Waals surface area contributed by atoms with Crippen LogP contribution in [-0.2, 0) is 16.0 Å². The van der Waals surface area contributed by atoms with Gasteiger partial charge >= 0.3 is 0 Å². The van der Waals surface area contributed by atoms with Crippen molar-refractivity contribution < 1.29 is 24.9 Å². The van der Waals surface area contributed by atoms with E-state index < -0.39 is 35.6 Å². The topological polar surface area (TPSA) is 107 Å². The van der Waals surface area contributed by atoms with Crippen molar-refractivity contribution in [1.29, 1.82) is 0 Å². The van der Waals surface area contributed by atoms with Gasteiger partial charge in [-0.3, -0.25) is 9.59 Å². The molecule has 1 heterocycles. The lowest BCUT2D eigenvalue weighted by molar-refractivity contribution is -0.147. The molecule has 1 fully saturated rings. The van der Waals surface area contributed by atoms with Gasteiger partial charge in [-0.05, 0) is 50.7 Å². The molecule has 0 bridgehead atoms. The van der Waals surface area contributed by atoms with E-state index in [2.05, 4.69) is 5.32 Å². The van der Waals surface area contributed by atoms with Crippen molar-refractivity contribution in [3.8, 4) is 0 Å². The molecule has 31 heavy (non-hydrogen) atoms. The quantitative estimate of drug-likeness (QED) is 0.498. The lowest BCUT2D eigenvalue weighted by atomic mass is 9.63. The van der Waals surface area contributed by atoms with Gasteiger partial charge in [-0.2, -0.15) is 0 Å². The van der Waals surface area contributed by atoms with E-state index in [0.717, 1.165) is 16.7 Å². The Hall–Kier alpha value is -2.28. The summed E-state index contributed by atoms with van der Waals surface area (Å²) in [5, 5.41) is 35.5. The molecule has 1 aromatic carbocycles. The number of aliphatic hydroxyl groups is 3. The van der Waals surface area contributed by atoms with E-state index in [1.54, 1.807) is 19.1 Å². The zero-order valence-electron chi connectivity index (χ0n) is 18.6. The Labute approximate surface area is 183 Å². The Balaban J connectivity index is 1.89. The van der Waals surface area contributed by atoms with Gasteiger partial charge in [0.2, 0.25) is 0 Å². The van der Waals surface area contributed by atoms with Crippen LogP contribution in [0.5, 0.6) is 0 Å². The molecule has 1 aliphatic carbocycles. The number of carbonyl (C=O) groups excluding carboxylic acids is 2. The van der Waals surface area contributed by atoms with E-state index in [1.165, 1.54) is 6.92 Å². The highest BCUT2D eigenvalue weighted by Crippen LogP contribution is 2.48. The summed E-state index contributed by atoms with van der Waals surface area (Å²) in [6.07, 6.45) is 2.32. The number of nitrogens with one attached hydrogen (secondary N) is 1. The zero-order chi connectivity index (χ0) is 22.9. The van der Waals surface area contributed by atoms with Crippen LogP contribution in [0.3, 0.4) is 0 Å². The van der Waals surface area contributed by atoms with Gasteiger partial charge in [-0.1, -0.05) is 55.0 Å². The van der Waals surface area contributed by atoms with E-state index in [9.17, 15) is 24.9 Å². The Bertz CT molecular complexity index is 892. The summed E-state index contributed by atoms with van der Waals surface area (Å²) in [5.41, 5.74) is 0.893. The van der Waals surface area contributed by atoms with Crippen molar-refractivity contribution in [2.45, 2.75) is 64.4 Å². The predicted octanol–water partition coefficient (Wildman–Crippen LogP) is 1.93. The molecule has 6 nitrogen and oxygen atoms in total. The van der Waals surface area contributed by atoms with Gasteiger partial charge in [0.15, 0.2) is 11.4 Å². The van der Waals surface area contributed by atoms with E-state index >= 15 is 0 Å². The minimum absolute atomic E-state index is 0.281. The van der Waals surface area contributed by atoms with Crippen LogP contribution in [0.25, 0.3) is 0 Å². The van der Waals surface area contributed by atoms with E-state index in [0.29, 0.717) is 12.8 Å². The molecule has 0 radical (unpaired) electrons. The first-order valence-corrected chi connectivity index (χ1v) is 10.9. The van der Waals surface area contributed by atoms with E-state index in [1.807, 2.05) is 44.2 Å². The first kappa shape index (κ1) is 23.4. The van der Waals surface area contributed by atoms with Gasteiger partial charge in [0, 0.05) is 17.9 Å². The van der Waals surface area contributed by atoms with Crippen LogP contribution >= 0.6 is 0 Å². The minimum Gasteiger partial charge on any atom is -0.388 e. The molecule has 1 aromatic rings. The fourth-order valence-corrected chi connectivity index (χ4v) is 5.05. The molecule has 3 rings (SSSR count). The lowest BCUT2D eigenvalue weighted by Gasteiger charge is -2.43. The number of ketones is 1. The third-order valence-electron chi connectivity index (χ3n) is 7.04.